The second kappa shape index (κ2) is 15.3. The van der Waals surface area contributed by atoms with Crippen molar-refractivity contribution in [2.45, 2.75) is 24.0 Å². The van der Waals surface area contributed by atoms with Crippen LogP contribution < -0.4 is 16.0 Å². The van der Waals surface area contributed by atoms with Gasteiger partial charge in [-0.25, -0.2) is 0 Å². The fraction of sp³-hybridized carbons (Fsp3) is 0.0789. The van der Waals surface area contributed by atoms with Crippen molar-refractivity contribution in [2.75, 3.05) is 10.6 Å². The van der Waals surface area contributed by atoms with E-state index in [9.17, 15) is 14.4 Å². The lowest BCUT2D eigenvalue weighted by molar-refractivity contribution is -0.116. The highest BCUT2D eigenvalue weighted by Crippen LogP contribution is 2.37. The molecule has 0 heterocycles. The average molecular weight is 646 g/mol. The molecule has 230 valence electrons. The molecule has 8 heteroatoms. The van der Waals surface area contributed by atoms with E-state index in [0.29, 0.717) is 21.8 Å². The second-order valence-electron chi connectivity index (χ2n) is 10.7. The lowest BCUT2D eigenvalue weighted by Crippen LogP contribution is -2.30. The summed E-state index contributed by atoms with van der Waals surface area (Å²) < 4.78 is 0. The monoisotopic (exact) mass is 645 g/mol. The Morgan fingerprint density at radius 1 is 0.696 bits per heavy atom. The number of thioether (sulfide) groups is 1. The van der Waals surface area contributed by atoms with Crippen LogP contribution in [0.15, 0.2) is 138 Å². The standard InChI is InChI=1S/C38H32ClN3O3S/c1-25-20-26(2)22-32(21-25)41-38(45)35(28-11-5-3-6-12-28)46-33-18-16-31(17-19-33)40-37(44)34(24-27-10-9-15-30(39)23-27)42-36(43)29-13-7-4-8-14-29/h3-24,35H,1-2H3,(H,40,44)(H,41,45)(H,42,43)/b34-24-. The predicted octanol–water partition coefficient (Wildman–Crippen LogP) is 8.84. The van der Waals surface area contributed by atoms with Crippen LogP contribution in [-0.2, 0) is 9.59 Å². The topological polar surface area (TPSA) is 87.3 Å². The molecule has 0 fully saturated rings. The zero-order valence-corrected chi connectivity index (χ0v) is 26.9. The van der Waals surface area contributed by atoms with Crippen LogP contribution in [0.2, 0.25) is 5.02 Å². The normalized spacial score (nSPS) is 11.8. The van der Waals surface area contributed by atoms with E-state index in [1.54, 1.807) is 66.7 Å². The number of anilines is 2. The SMILES string of the molecule is Cc1cc(C)cc(NC(=O)C(Sc2ccc(NC(=O)/C(=C/c3cccc(Cl)c3)NC(=O)c3ccccc3)cc2)c2ccccc2)c1. The Kier molecular flexibility index (Phi) is 10.7. The molecule has 5 rings (SSSR count). The number of halogens is 1. The van der Waals surface area contributed by atoms with E-state index < -0.39 is 17.1 Å². The lowest BCUT2D eigenvalue weighted by atomic mass is 10.1. The van der Waals surface area contributed by atoms with Gasteiger partial charge in [-0.3, -0.25) is 14.4 Å². The van der Waals surface area contributed by atoms with Crippen LogP contribution in [0.1, 0.15) is 37.9 Å². The number of rotatable bonds is 10. The summed E-state index contributed by atoms with van der Waals surface area (Å²) in [4.78, 5) is 40.8. The van der Waals surface area contributed by atoms with Gasteiger partial charge in [0, 0.05) is 26.9 Å². The fourth-order valence-corrected chi connectivity index (χ4v) is 6.04. The minimum Gasteiger partial charge on any atom is -0.325 e. The van der Waals surface area contributed by atoms with Crippen molar-refractivity contribution >= 4 is 58.5 Å². The molecule has 0 aromatic heterocycles. The first-order valence-electron chi connectivity index (χ1n) is 14.6. The van der Waals surface area contributed by atoms with Gasteiger partial charge in [0.1, 0.15) is 10.9 Å². The number of carbonyl (C=O) groups is 3. The smallest absolute Gasteiger partial charge is 0.272 e. The minimum absolute atomic E-state index is 0.0572. The van der Waals surface area contributed by atoms with E-state index in [2.05, 4.69) is 22.0 Å². The zero-order valence-electron chi connectivity index (χ0n) is 25.3. The van der Waals surface area contributed by atoms with Crippen LogP contribution in [0.4, 0.5) is 11.4 Å². The van der Waals surface area contributed by atoms with Gasteiger partial charge in [-0.2, -0.15) is 0 Å². The van der Waals surface area contributed by atoms with E-state index in [1.807, 2.05) is 74.5 Å². The Labute approximate surface area is 277 Å². The summed E-state index contributed by atoms with van der Waals surface area (Å²) >= 11 is 7.57. The van der Waals surface area contributed by atoms with Gasteiger partial charge in [-0.15, -0.1) is 11.8 Å². The van der Waals surface area contributed by atoms with Crippen LogP contribution in [0.25, 0.3) is 6.08 Å². The number of nitrogens with one attached hydrogen (secondary N) is 3. The Morgan fingerprint density at radius 2 is 1.35 bits per heavy atom. The molecule has 3 amide bonds. The maximum absolute atomic E-state index is 13.6. The molecule has 0 radical (unpaired) electrons. The van der Waals surface area contributed by atoms with E-state index in [1.165, 1.54) is 11.8 Å². The summed E-state index contributed by atoms with van der Waals surface area (Å²) in [5.41, 5.74) is 5.42. The largest absolute Gasteiger partial charge is 0.325 e. The number of hydrogen-bond donors (Lipinski definition) is 3. The van der Waals surface area contributed by atoms with Gasteiger partial charge in [0.05, 0.1) is 0 Å². The quantitative estimate of drug-likeness (QED) is 0.105. The number of amides is 3. The molecular formula is C38H32ClN3O3S. The first kappa shape index (κ1) is 32.3. The third-order valence-electron chi connectivity index (χ3n) is 6.88. The number of benzene rings is 5. The highest BCUT2D eigenvalue weighted by Gasteiger charge is 2.23. The van der Waals surface area contributed by atoms with Gasteiger partial charge < -0.3 is 16.0 Å². The number of hydrogen-bond acceptors (Lipinski definition) is 4. The van der Waals surface area contributed by atoms with E-state index in [4.69, 9.17) is 11.6 Å². The molecule has 5 aromatic rings. The predicted molar refractivity (Wildman–Crippen MR) is 188 cm³/mol. The first-order chi connectivity index (χ1) is 22.2. The highest BCUT2D eigenvalue weighted by atomic mass is 35.5. The molecule has 5 aromatic carbocycles. The number of carbonyl (C=O) groups excluding carboxylic acids is 3. The molecular weight excluding hydrogens is 614 g/mol. The maximum Gasteiger partial charge on any atom is 0.272 e. The van der Waals surface area contributed by atoms with Gasteiger partial charge in [0.25, 0.3) is 11.8 Å². The maximum atomic E-state index is 13.6. The van der Waals surface area contributed by atoms with Gasteiger partial charge in [0.2, 0.25) is 5.91 Å². The van der Waals surface area contributed by atoms with Gasteiger partial charge in [0.15, 0.2) is 0 Å². The van der Waals surface area contributed by atoms with E-state index in [0.717, 1.165) is 27.3 Å². The summed E-state index contributed by atoms with van der Waals surface area (Å²) in [6, 6.07) is 38.5. The summed E-state index contributed by atoms with van der Waals surface area (Å²) in [6.07, 6.45) is 1.57. The van der Waals surface area contributed by atoms with Crippen molar-refractivity contribution in [1.29, 1.82) is 0 Å². The average Bonchev–Trinajstić information content (AvgIpc) is 3.04. The Hall–Kier alpha value is -5.11. The van der Waals surface area contributed by atoms with Crippen LogP contribution in [0.5, 0.6) is 0 Å². The first-order valence-corrected chi connectivity index (χ1v) is 15.8. The number of aryl methyl sites for hydroxylation is 2. The van der Waals surface area contributed by atoms with Gasteiger partial charge in [-0.1, -0.05) is 78.3 Å². The van der Waals surface area contributed by atoms with Crippen molar-refractivity contribution in [3.63, 3.8) is 0 Å². The summed E-state index contributed by atoms with van der Waals surface area (Å²) in [5.74, 6) is -1.05. The molecule has 0 spiro atoms. The summed E-state index contributed by atoms with van der Waals surface area (Å²) in [5, 5.41) is 8.68. The molecule has 1 atom stereocenters. The molecule has 3 N–H and O–H groups in total. The molecule has 1 unspecified atom stereocenters. The molecule has 0 bridgehead atoms. The van der Waals surface area contributed by atoms with E-state index in [-0.39, 0.29) is 11.6 Å². The summed E-state index contributed by atoms with van der Waals surface area (Å²) in [7, 11) is 0. The molecule has 0 aliphatic rings. The molecule has 0 aliphatic heterocycles. The zero-order chi connectivity index (χ0) is 32.5. The highest BCUT2D eigenvalue weighted by molar-refractivity contribution is 8.00. The second-order valence-corrected chi connectivity index (χ2v) is 12.3. The Morgan fingerprint density at radius 3 is 2.00 bits per heavy atom. The van der Waals surface area contributed by atoms with Crippen molar-refractivity contribution in [2.24, 2.45) is 0 Å². The van der Waals surface area contributed by atoms with Crippen LogP contribution >= 0.6 is 23.4 Å². The van der Waals surface area contributed by atoms with Crippen LogP contribution in [0, 0.1) is 13.8 Å². The molecule has 0 saturated heterocycles. The van der Waals surface area contributed by atoms with Crippen molar-refractivity contribution < 1.29 is 14.4 Å². The fourth-order valence-electron chi connectivity index (χ4n) is 4.81. The molecule has 6 nitrogen and oxygen atoms in total. The van der Waals surface area contributed by atoms with E-state index >= 15 is 0 Å². The Bertz CT molecular complexity index is 1860. The lowest BCUT2D eigenvalue weighted by Gasteiger charge is -2.18. The van der Waals surface area contributed by atoms with Gasteiger partial charge >= 0.3 is 0 Å². The van der Waals surface area contributed by atoms with Crippen LogP contribution in [0.3, 0.4) is 0 Å². The molecule has 0 saturated carbocycles. The molecule has 46 heavy (non-hydrogen) atoms. The minimum atomic E-state index is -0.511. The van der Waals surface area contributed by atoms with Crippen molar-refractivity contribution in [1.82, 2.24) is 5.32 Å². The molecule has 0 aliphatic carbocycles. The van der Waals surface area contributed by atoms with Crippen molar-refractivity contribution in [3.05, 3.63) is 166 Å². The Balaban J connectivity index is 1.33. The van der Waals surface area contributed by atoms with Crippen LogP contribution in [-0.4, -0.2) is 17.7 Å². The summed E-state index contributed by atoms with van der Waals surface area (Å²) in [6.45, 7) is 4.00. The third kappa shape index (κ3) is 8.97. The van der Waals surface area contributed by atoms with Gasteiger partial charge in [-0.05, 0) is 103 Å². The van der Waals surface area contributed by atoms with Crippen molar-refractivity contribution in [3.8, 4) is 0 Å². The third-order valence-corrected chi connectivity index (χ3v) is 8.39.